The Bertz CT molecular complexity index is 737. The van der Waals surface area contributed by atoms with Gasteiger partial charge < -0.3 is 15.8 Å². The van der Waals surface area contributed by atoms with E-state index in [9.17, 15) is 14.0 Å². The van der Waals surface area contributed by atoms with Crippen molar-refractivity contribution >= 4 is 29.1 Å². The lowest BCUT2D eigenvalue weighted by atomic mass is 10.2. The third-order valence-corrected chi connectivity index (χ3v) is 3.23. The lowest BCUT2D eigenvalue weighted by Gasteiger charge is -2.12. The normalized spacial score (nSPS) is 10.2. The molecule has 0 aromatic heterocycles. The van der Waals surface area contributed by atoms with Crippen LogP contribution in [0.3, 0.4) is 0 Å². The van der Waals surface area contributed by atoms with E-state index in [2.05, 4.69) is 5.32 Å². The molecule has 120 valence electrons. The van der Waals surface area contributed by atoms with Gasteiger partial charge in [0.2, 0.25) is 5.91 Å². The molecular formula is C16H14ClFN2O3. The minimum Gasteiger partial charge on any atom is -0.491 e. The molecule has 0 saturated heterocycles. The smallest absolute Gasteiger partial charge is 0.257 e. The Balaban J connectivity index is 2.13. The molecule has 0 fully saturated rings. The number of para-hydroxylation sites is 2. The molecule has 0 heterocycles. The maximum absolute atomic E-state index is 13.0. The molecule has 2 aromatic rings. The van der Waals surface area contributed by atoms with Crippen molar-refractivity contribution < 1.29 is 18.7 Å². The molecular weight excluding hydrogens is 323 g/mol. The highest BCUT2D eigenvalue weighted by atomic mass is 35.5. The van der Waals surface area contributed by atoms with Crippen LogP contribution in [0.1, 0.15) is 16.8 Å². The lowest BCUT2D eigenvalue weighted by Crippen LogP contribution is -2.16. The Morgan fingerprint density at radius 3 is 2.65 bits per heavy atom. The number of nitrogens with two attached hydrogens (primary N) is 1. The van der Waals surface area contributed by atoms with Crippen molar-refractivity contribution in [3.05, 3.63) is 58.9 Å². The molecule has 0 spiro atoms. The van der Waals surface area contributed by atoms with Crippen LogP contribution in [0.2, 0.25) is 5.02 Å². The van der Waals surface area contributed by atoms with Gasteiger partial charge in [-0.15, -0.1) is 0 Å². The highest BCUT2D eigenvalue weighted by Gasteiger charge is 2.13. The molecule has 2 rings (SSSR count). The van der Waals surface area contributed by atoms with Crippen LogP contribution >= 0.6 is 11.6 Å². The fourth-order valence-electron chi connectivity index (χ4n) is 1.82. The molecule has 3 N–H and O–H groups in total. The van der Waals surface area contributed by atoms with E-state index < -0.39 is 17.6 Å². The number of nitrogens with one attached hydrogen (secondary N) is 1. The molecule has 23 heavy (non-hydrogen) atoms. The van der Waals surface area contributed by atoms with Gasteiger partial charge >= 0.3 is 0 Å². The van der Waals surface area contributed by atoms with Crippen LogP contribution < -0.4 is 15.8 Å². The zero-order valence-corrected chi connectivity index (χ0v) is 12.8. The Morgan fingerprint density at radius 1 is 1.22 bits per heavy atom. The van der Waals surface area contributed by atoms with E-state index in [0.717, 1.165) is 12.1 Å². The van der Waals surface area contributed by atoms with Crippen molar-refractivity contribution in [2.24, 2.45) is 5.73 Å². The second-order valence-corrected chi connectivity index (χ2v) is 5.05. The predicted molar refractivity (Wildman–Crippen MR) is 85.1 cm³/mol. The van der Waals surface area contributed by atoms with E-state index in [1.54, 1.807) is 24.3 Å². The number of carbonyl (C=O) groups excluding carboxylic acids is 2. The van der Waals surface area contributed by atoms with Gasteiger partial charge in [-0.05, 0) is 30.3 Å². The van der Waals surface area contributed by atoms with Gasteiger partial charge in [0.05, 0.1) is 29.3 Å². The molecule has 7 heteroatoms. The van der Waals surface area contributed by atoms with Crippen molar-refractivity contribution in [3.63, 3.8) is 0 Å². The number of benzene rings is 2. The average molecular weight is 337 g/mol. The number of amides is 2. The quantitative estimate of drug-likeness (QED) is 0.850. The largest absolute Gasteiger partial charge is 0.491 e. The fourth-order valence-corrected chi connectivity index (χ4v) is 2.07. The summed E-state index contributed by atoms with van der Waals surface area (Å²) in [5.41, 5.74) is 5.59. The molecule has 0 unspecified atom stereocenters. The molecule has 5 nitrogen and oxygen atoms in total. The highest BCUT2D eigenvalue weighted by molar-refractivity contribution is 6.34. The van der Waals surface area contributed by atoms with Gasteiger partial charge in [-0.3, -0.25) is 9.59 Å². The summed E-state index contributed by atoms with van der Waals surface area (Å²) < 4.78 is 18.5. The van der Waals surface area contributed by atoms with Crippen LogP contribution in [-0.2, 0) is 4.79 Å². The van der Waals surface area contributed by atoms with E-state index in [0.29, 0.717) is 11.4 Å². The van der Waals surface area contributed by atoms with Gasteiger partial charge in [0.1, 0.15) is 11.6 Å². The third kappa shape index (κ3) is 4.69. The highest BCUT2D eigenvalue weighted by Crippen LogP contribution is 2.26. The topological polar surface area (TPSA) is 81.4 Å². The summed E-state index contributed by atoms with van der Waals surface area (Å²) >= 11 is 5.87. The summed E-state index contributed by atoms with van der Waals surface area (Å²) in [7, 11) is 0. The SMILES string of the molecule is NC(=O)CCOc1ccccc1NC(=O)c1ccc(F)cc1Cl. The first-order valence-corrected chi connectivity index (χ1v) is 7.11. The molecule has 0 aliphatic heterocycles. The number of hydrogen-bond acceptors (Lipinski definition) is 3. The molecule has 2 aromatic carbocycles. The number of carbonyl (C=O) groups is 2. The summed E-state index contributed by atoms with van der Waals surface area (Å²) in [4.78, 5) is 23.0. The van der Waals surface area contributed by atoms with Crippen LogP contribution in [-0.4, -0.2) is 18.4 Å². The maximum atomic E-state index is 13.0. The number of ether oxygens (including phenoxy) is 1. The minimum atomic E-state index is -0.526. The van der Waals surface area contributed by atoms with Crippen LogP contribution in [0.15, 0.2) is 42.5 Å². The standard InChI is InChI=1S/C16H14ClFN2O3/c17-12-9-10(18)5-6-11(12)16(22)20-13-3-1-2-4-14(13)23-8-7-15(19)21/h1-6,9H,7-8H2,(H2,19,21)(H,20,22). The molecule has 0 atom stereocenters. The molecule has 0 aliphatic carbocycles. The predicted octanol–water partition coefficient (Wildman–Crippen LogP) is 2.99. The number of primary amides is 1. The van der Waals surface area contributed by atoms with Gasteiger partial charge in [-0.25, -0.2) is 4.39 Å². The lowest BCUT2D eigenvalue weighted by molar-refractivity contribution is -0.118. The van der Waals surface area contributed by atoms with E-state index >= 15 is 0 Å². The summed E-state index contributed by atoms with van der Waals surface area (Å²) in [5, 5.41) is 2.65. The molecule has 0 aliphatic rings. The van der Waals surface area contributed by atoms with Crippen molar-refractivity contribution in [2.75, 3.05) is 11.9 Å². The Morgan fingerprint density at radius 2 is 1.96 bits per heavy atom. The number of halogens is 2. The molecule has 0 bridgehead atoms. The first-order valence-electron chi connectivity index (χ1n) is 6.74. The fraction of sp³-hybridized carbons (Fsp3) is 0.125. The monoisotopic (exact) mass is 336 g/mol. The van der Waals surface area contributed by atoms with Crippen LogP contribution in [0, 0.1) is 5.82 Å². The molecule has 0 saturated carbocycles. The summed E-state index contributed by atoms with van der Waals surface area (Å²) in [6, 6.07) is 10.2. The Kier molecular flexibility index (Phi) is 5.54. The Hall–Kier alpha value is -2.60. The summed E-state index contributed by atoms with van der Waals surface area (Å²) in [5.74, 6) is -1.12. The number of hydrogen-bond donors (Lipinski definition) is 2. The zero-order chi connectivity index (χ0) is 16.8. The number of rotatable bonds is 6. The maximum Gasteiger partial charge on any atom is 0.257 e. The van der Waals surface area contributed by atoms with Crippen molar-refractivity contribution in [1.29, 1.82) is 0 Å². The summed E-state index contributed by atoms with van der Waals surface area (Å²) in [6.45, 7) is 0.0967. The number of anilines is 1. The van der Waals surface area contributed by atoms with Crippen molar-refractivity contribution in [2.45, 2.75) is 6.42 Å². The summed E-state index contributed by atoms with van der Waals surface area (Å²) in [6.07, 6.45) is 0.0616. The first kappa shape index (κ1) is 16.8. The van der Waals surface area contributed by atoms with E-state index in [1.165, 1.54) is 6.07 Å². The van der Waals surface area contributed by atoms with Gasteiger partial charge in [-0.1, -0.05) is 23.7 Å². The second kappa shape index (κ2) is 7.60. The van der Waals surface area contributed by atoms with Crippen LogP contribution in [0.4, 0.5) is 10.1 Å². The van der Waals surface area contributed by atoms with Crippen LogP contribution in [0.25, 0.3) is 0 Å². The van der Waals surface area contributed by atoms with E-state index in [1.807, 2.05) is 0 Å². The molecule has 0 radical (unpaired) electrons. The van der Waals surface area contributed by atoms with Gasteiger partial charge in [-0.2, -0.15) is 0 Å². The van der Waals surface area contributed by atoms with E-state index in [4.69, 9.17) is 22.1 Å². The van der Waals surface area contributed by atoms with Gasteiger partial charge in [0, 0.05) is 0 Å². The van der Waals surface area contributed by atoms with Gasteiger partial charge in [0.15, 0.2) is 0 Å². The van der Waals surface area contributed by atoms with E-state index in [-0.39, 0.29) is 23.6 Å². The second-order valence-electron chi connectivity index (χ2n) is 4.64. The molecule has 2 amide bonds. The Labute approximate surface area is 137 Å². The third-order valence-electron chi connectivity index (χ3n) is 2.92. The van der Waals surface area contributed by atoms with Crippen molar-refractivity contribution in [3.8, 4) is 5.75 Å². The first-order chi connectivity index (χ1) is 11.0. The zero-order valence-electron chi connectivity index (χ0n) is 12.0. The van der Waals surface area contributed by atoms with Gasteiger partial charge in [0.25, 0.3) is 5.91 Å². The average Bonchev–Trinajstić information content (AvgIpc) is 2.48. The van der Waals surface area contributed by atoms with Crippen molar-refractivity contribution in [1.82, 2.24) is 0 Å². The van der Waals surface area contributed by atoms with Crippen LogP contribution in [0.5, 0.6) is 5.75 Å². The minimum absolute atomic E-state index is 0.00891.